The molecule has 2 rings (SSSR count). The molecule has 0 saturated heterocycles. The number of aryl methyl sites for hydroxylation is 1. The maximum absolute atomic E-state index is 6.05. The van der Waals surface area contributed by atoms with Gasteiger partial charge in [-0.2, -0.15) is 5.10 Å². The summed E-state index contributed by atoms with van der Waals surface area (Å²) in [5, 5.41) is 4.74. The van der Waals surface area contributed by atoms with Crippen molar-refractivity contribution in [2.24, 2.45) is 5.73 Å². The van der Waals surface area contributed by atoms with Crippen molar-refractivity contribution in [1.82, 2.24) is 9.78 Å². The fourth-order valence-corrected chi connectivity index (χ4v) is 1.71. The van der Waals surface area contributed by atoms with Gasteiger partial charge in [-0.05, 0) is 24.6 Å². The topological polar surface area (TPSA) is 53.1 Å². The fraction of sp³-hybridized carbons (Fsp3) is 0.250. The van der Waals surface area contributed by atoms with Crippen LogP contribution in [0.3, 0.4) is 0 Å². The first kappa shape index (κ1) is 12.0. The van der Waals surface area contributed by atoms with Crippen LogP contribution >= 0.6 is 11.6 Å². The van der Waals surface area contributed by atoms with Crippen LogP contribution in [0.5, 0.6) is 11.5 Å². The molecule has 1 aromatic heterocycles. The van der Waals surface area contributed by atoms with E-state index in [4.69, 9.17) is 22.1 Å². The summed E-state index contributed by atoms with van der Waals surface area (Å²) in [7, 11) is 0. The van der Waals surface area contributed by atoms with Crippen LogP contribution in [0.4, 0.5) is 0 Å². The standard InChI is InChI=1S/C12H14ClN3O/c1-2-16-8-11(7-15-16)17-10-4-3-9(6-14)12(13)5-10/h3-5,7-8H,2,6,14H2,1H3. The normalized spacial score (nSPS) is 10.5. The number of hydrogen-bond donors (Lipinski definition) is 1. The van der Waals surface area contributed by atoms with Crippen LogP contribution in [0.15, 0.2) is 30.6 Å². The Hall–Kier alpha value is -1.52. The van der Waals surface area contributed by atoms with Gasteiger partial charge in [0, 0.05) is 18.1 Å². The molecule has 0 aliphatic carbocycles. The van der Waals surface area contributed by atoms with Gasteiger partial charge in [0.1, 0.15) is 5.75 Å². The van der Waals surface area contributed by atoms with Crippen LogP contribution in [-0.4, -0.2) is 9.78 Å². The number of nitrogens with zero attached hydrogens (tertiary/aromatic N) is 2. The smallest absolute Gasteiger partial charge is 0.165 e. The molecule has 0 unspecified atom stereocenters. The highest BCUT2D eigenvalue weighted by Gasteiger charge is 2.04. The lowest BCUT2D eigenvalue weighted by Crippen LogP contribution is -1.97. The van der Waals surface area contributed by atoms with E-state index in [1.165, 1.54) is 0 Å². The van der Waals surface area contributed by atoms with Crippen LogP contribution in [-0.2, 0) is 13.1 Å². The molecule has 0 aliphatic rings. The Morgan fingerprint density at radius 1 is 1.41 bits per heavy atom. The van der Waals surface area contributed by atoms with E-state index in [1.54, 1.807) is 16.9 Å². The van der Waals surface area contributed by atoms with Gasteiger partial charge in [0.05, 0.1) is 12.4 Å². The van der Waals surface area contributed by atoms with Gasteiger partial charge in [0.25, 0.3) is 0 Å². The first-order valence-electron chi connectivity index (χ1n) is 5.41. The van der Waals surface area contributed by atoms with E-state index in [9.17, 15) is 0 Å². The first-order chi connectivity index (χ1) is 8.22. The second-order valence-corrected chi connectivity index (χ2v) is 4.00. The lowest BCUT2D eigenvalue weighted by molar-refractivity contribution is 0.481. The maximum atomic E-state index is 6.05. The van der Waals surface area contributed by atoms with Crippen LogP contribution in [0, 0.1) is 0 Å². The highest BCUT2D eigenvalue weighted by atomic mass is 35.5. The molecular formula is C12H14ClN3O. The molecule has 90 valence electrons. The largest absolute Gasteiger partial charge is 0.454 e. The summed E-state index contributed by atoms with van der Waals surface area (Å²) in [6.07, 6.45) is 3.51. The molecule has 0 saturated carbocycles. The first-order valence-corrected chi connectivity index (χ1v) is 5.79. The van der Waals surface area contributed by atoms with Crippen LogP contribution in [0.25, 0.3) is 0 Å². The van der Waals surface area contributed by atoms with Gasteiger partial charge in [-0.15, -0.1) is 0 Å². The molecule has 0 amide bonds. The van der Waals surface area contributed by atoms with Crippen molar-refractivity contribution >= 4 is 11.6 Å². The second-order valence-electron chi connectivity index (χ2n) is 3.59. The summed E-state index contributed by atoms with van der Waals surface area (Å²) in [5.41, 5.74) is 6.44. The molecule has 0 atom stereocenters. The van der Waals surface area contributed by atoms with E-state index in [-0.39, 0.29) is 0 Å². The zero-order valence-corrected chi connectivity index (χ0v) is 10.3. The van der Waals surface area contributed by atoms with Crippen LogP contribution in [0.2, 0.25) is 5.02 Å². The number of halogens is 1. The Kier molecular flexibility index (Phi) is 3.66. The Morgan fingerprint density at radius 2 is 2.24 bits per heavy atom. The van der Waals surface area contributed by atoms with Crippen molar-refractivity contribution in [1.29, 1.82) is 0 Å². The number of ether oxygens (including phenoxy) is 1. The molecule has 0 radical (unpaired) electrons. The molecule has 17 heavy (non-hydrogen) atoms. The van der Waals surface area contributed by atoms with Gasteiger partial charge in [-0.25, -0.2) is 0 Å². The summed E-state index contributed by atoms with van der Waals surface area (Å²) in [4.78, 5) is 0. The molecule has 4 nitrogen and oxygen atoms in total. The number of nitrogens with two attached hydrogens (primary N) is 1. The molecule has 5 heteroatoms. The van der Waals surface area contributed by atoms with E-state index in [1.807, 2.05) is 25.3 Å². The predicted molar refractivity (Wildman–Crippen MR) is 67.3 cm³/mol. The molecule has 0 bridgehead atoms. The van der Waals surface area contributed by atoms with Crippen molar-refractivity contribution in [3.05, 3.63) is 41.2 Å². The van der Waals surface area contributed by atoms with E-state index in [0.29, 0.717) is 23.1 Å². The average Bonchev–Trinajstić information content (AvgIpc) is 2.77. The summed E-state index contributed by atoms with van der Waals surface area (Å²) >= 11 is 6.05. The molecular weight excluding hydrogens is 238 g/mol. The van der Waals surface area contributed by atoms with Crippen molar-refractivity contribution in [3.63, 3.8) is 0 Å². The quantitative estimate of drug-likeness (QED) is 0.909. The predicted octanol–water partition coefficient (Wildman–Crippen LogP) is 2.81. The lowest BCUT2D eigenvalue weighted by atomic mass is 10.2. The Balaban J connectivity index is 2.15. The Bertz CT molecular complexity index is 510. The van der Waals surface area contributed by atoms with E-state index < -0.39 is 0 Å². The molecule has 0 aliphatic heterocycles. The van der Waals surface area contributed by atoms with Crippen molar-refractivity contribution in [2.45, 2.75) is 20.0 Å². The third kappa shape index (κ3) is 2.78. The van der Waals surface area contributed by atoms with E-state index >= 15 is 0 Å². The molecule has 0 spiro atoms. The monoisotopic (exact) mass is 251 g/mol. The zero-order valence-electron chi connectivity index (χ0n) is 9.56. The molecule has 1 heterocycles. The number of benzene rings is 1. The summed E-state index contributed by atoms with van der Waals surface area (Å²) in [5.74, 6) is 1.38. The van der Waals surface area contributed by atoms with Crippen molar-refractivity contribution in [3.8, 4) is 11.5 Å². The van der Waals surface area contributed by atoms with Crippen molar-refractivity contribution in [2.75, 3.05) is 0 Å². The Morgan fingerprint density at radius 3 is 2.82 bits per heavy atom. The SMILES string of the molecule is CCn1cc(Oc2ccc(CN)c(Cl)c2)cn1. The van der Waals surface area contributed by atoms with Crippen molar-refractivity contribution < 1.29 is 4.74 Å². The summed E-state index contributed by atoms with van der Waals surface area (Å²) < 4.78 is 7.43. The summed E-state index contributed by atoms with van der Waals surface area (Å²) in [6, 6.07) is 5.46. The molecule has 2 aromatic rings. The van der Waals surface area contributed by atoms with Crippen LogP contribution < -0.4 is 10.5 Å². The minimum atomic E-state index is 0.423. The minimum absolute atomic E-state index is 0.423. The fourth-order valence-electron chi connectivity index (χ4n) is 1.46. The van der Waals surface area contributed by atoms with Gasteiger partial charge in [0.15, 0.2) is 5.75 Å². The number of rotatable bonds is 4. The van der Waals surface area contributed by atoms with E-state index in [2.05, 4.69) is 5.10 Å². The zero-order chi connectivity index (χ0) is 12.3. The highest BCUT2D eigenvalue weighted by Crippen LogP contribution is 2.26. The average molecular weight is 252 g/mol. The molecule has 1 aromatic carbocycles. The van der Waals surface area contributed by atoms with Gasteiger partial charge < -0.3 is 10.5 Å². The van der Waals surface area contributed by atoms with E-state index in [0.717, 1.165) is 12.1 Å². The minimum Gasteiger partial charge on any atom is -0.454 e. The van der Waals surface area contributed by atoms with Crippen LogP contribution in [0.1, 0.15) is 12.5 Å². The van der Waals surface area contributed by atoms with Gasteiger partial charge >= 0.3 is 0 Å². The number of hydrogen-bond acceptors (Lipinski definition) is 3. The third-order valence-electron chi connectivity index (χ3n) is 2.41. The van der Waals surface area contributed by atoms with Gasteiger partial charge in [-0.3, -0.25) is 4.68 Å². The lowest BCUT2D eigenvalue weighted by Gasteiger charge is -2.05. The number of aromatic nitrogens is 2. The second kappa shape index (κ2) is 5.21. The highest BCUT2D eigenvalue weighted by molar-refractivity contribution is 6.31. The molecule has 2 N–H and O–H groups in total. The van der Waals surface area contributed by atoms with Gasteiger partial charge in [-0.1, -0.05) is 17.7 Å². The maximum Gasteiger partial charge on any atom is 0.165 e. The summed E-state index contributed by atoms with van der Waals surface area (Å²) in [6.45, 7) is 3.26. The Labute approximate surface area is 105 Å². The van der Waals surface area contributed by atoms with Gasteiger partial charge in [0.2, 0.25) is 0 Å². The third-order valence-corrected chi connectivity index (χ3v) is 2.77. The molecule has 0 fully saturated rings.